The molecule has 2 amide bonds. The fourth-order valence-electron chi connectivity index (χ4n) is 3.08. The Bertz CT molecular complexity index is 870. The normalized spacial score (nSPS) is 14.9. The Kier molecular flexibility index (Phi) is 6.35. The second-order valence-corrected chi connectivity index (χ2v) is 7.88. The Morgan fingerprint density at radius 1 is 1.21 bits per heavy atom. The molecule has 1 aliphatic carbocycles. The summed E-state index contributed by atoms with van der Waals surface area (Å²) < 4.78 is 0. The van der Waals surface area contributed by atoms with Gasteiger partial charge in [-0.25, -0.2) is 4.98 Å². The third kappa shape index (κ3) is 4.92. The standard InChI is InChI=1S/C19H22N4O4S/c1-12(20-18(25)13-7-6-8-14(11-13)23(26)27)17(24)22-19-21-15-9-4-2-3-5-10-16(15)28-19/h6-8,11-12H,2-5,9-10H2,1H3,(H,20,25)(H,21,22,24). The summed E-state index contributed by atoms with van der Waals surface area (Å²) in [4.78, 5) is 40.8. The third-order valence-corrected chi connectivity index (χ3v) is 5.71. The smallest absolute Gasteiger partial charge is 0.270 e. The van der Waals surface area contributed by atoms with Gasteiger partial charge in [0.1, 0.15) is 6.04 Å². The van der Waals surface area contributed by atoms with Crippen LogP contribution in [0.3, 0.4) is 0 Å². The molecule has 1 aromatic carbocycles. The van der Waals surface area contributed by atoms with E-state index in [-0.39, 0.29) is 17.2 Å². The summed E-state index contributed by atoms with van der Waals surface area (Å²) >= 11 is 1.49. The van der Waals surface area contributed by atoms with Crippen LogP contribution in [0.1, 0.15) is 53.5 Å². The van der Waals surface area contributed by atoms with E-state index in [1.54, 1.807) is 6.92 Å². The highest BCUT2D eigenvalue weighted by Gasteiger charge is 2.20. The van der Waals surface area contributed by atoms with E-state index in [2.05, 4.69) is 15.6 Å². The highest BCUT2D eigenvalue weighted by molar-refractivity contribution is 7.15. The van der Waals surface area contributed by atoms with Gasteiger partial charge in [-0.2, -0.15) is 0 Å². The van der Waals surface area contributed by atoms with Crippen molar-refractivity contribution < 1.29 is 14.5 Å². The molecule has 8 nitrogen and oxygen atoms in total. The number of nitrogens with one attached hydrogen (secondary N) is 2. The molecule has 28 heavy (non-hydrogen) atoms. The molecule has 1 heterocycles. The molecule has 9 heteroatoms. The van der Waals surface area contributed by atoms with Gasteiger partial charge in [0.15, 0.2) is 5.13 Å². The first kappa shape index (κ1) is 19.9. The lowest BCUT2D eigenvalue weighted by Gasteiger charge is -2.13. The summed E-state index contributed by atoms with van der Waals surface area (Å²) in [5.74, 6) is -0.918. The van der Waals surface area contributed by atoms with Crippen molar-refractivity contribution in [2.75, 3.05) is 5.32 Å². The largest absolute Gasteiger partial charge is 0.341 e. The molecule has 0 fully saturated rings. The van der Waals surface area contributed by atoms with E-state index in [0.717, 1.165) is 31.4 Å². The van der Waals surface area contributed by atoms with Crippen molar-refractivity contribution in [2.45, 2.75) is 51.5 Å². The molecule has 1 aromatic heterocycles. The predicted octanol–water partition coefficient (Wildman–Crippen LogP) is 3.47. The van der Waals surface area contributed by atoms with E-state index in [1.165, 1.54) is 53.3 Å². The molecule has 148 valence electrons. The molecule has 0 saturated carbocycles. The van der Waals surface area contributed by atoms with Crippen LogP contribution in [0.25, 0.3) is 0 Å². The number of non-ortho nitro benzene ring substituents is 1. The van der Waals surface area contributed by atoms with E-state index in [1.807, 2.05) is 0 Å². The molecular weight excluding hydrogens is 380 g/mol. The lowest BCUT2D eigenvalue weighted by atomic mass is 10.0. The number of carbonyl (C=O) groups excluding carboxylic acids is 2. The number of hydrogen-bond donors (Lipinski definition) is 2. The zero-order valence-corrected chi connectivity index (χ0v) is 16.4. The third-order valence-electron chi connectivity index (χ3n) is 4.64. The molecule has 2 N–H and O–H groups in total. The van der Waals surface area contributed by atoms with Gasteiger partial charge < -0.3 is 10.6 Å². The topological polar surface area (TPSA) is 114 Å². The van der Waals surface area contributed by atoms with Crippen LogP contribution >= 0.6 is 11.3 Å². The van der Waals surface area contributed by atoms with Gasteiger partial charge in [-0.1, -0.05) is 18.9 Å². The van der Waals surface area contributed by atoms with E-state index in [9.17, 15) is 19.7 Å². The quantitative estimate of drug-likeness (QED) is 0.587. The van der Waals surface area contributed by atoms with Crippen LogP contribution in [0.4, 0.5) is 10.8 Å². The SMILES string of the molecule is CC(NC(=O)c1cccc([N+](=O)[O-])c1)C(=O)Nc1nc2c(s1)CCCCCC2. The van der Waals surface area contributed by atoms with Gasteiger partial charge in [0.25, 0.3) is 11.6 Å². The maximum Gasteiger partial charge on any atom is 0.270 e. The zero-order chi connectivity index (χ0) is 20.1. The molecule has 3 rings (SSSR count). The van der Waals surface area contributed by atoms with Crippen LogP contribution in [0.15, 0.2) is 24.3 Å². The number of amides is 2. The molecule has 0 spiro atoms. The van der Waals surface area contributed by atoms with Crippen molar-refractivity contribution in [3.63, 3.8) is 0 Å². The summed E-state index contributed by atoms with van der Waals surface area (Å²) in [5, 5.41) is 16.7. The molecule has 1 unspecified atom stereocenters. The van der Waals surface area contributed by atoms with Gasteiger partial charge in [0.2, 0.25) is 5.91 Å². The van der Waals surface area contributed by atoms with Gasteiger partial charge in [-0.3, -0.25) is 19.7 Å². The number of nitro benzene ring substituents is 1. The number of benzene rings is 1. The molecule has 0 saturated heterocycles. The monoisotopic (exact) mass is 402 g/mol. The Morgan fingerprint density at radius 3 is 2.71 bits per heavy atom. The van der Waals surface area contributed by atoms with E-state index in [4.69, 9.17) is 0 Å². The molecule has 2 aromatic rings. The van der Waals surface area contributed by atoms with Gasteiger partial charge in [0.05, 0.1) is 10.6 Å². The Morgan fingerprint density at radius 2 is 1.96 bits per heavy atom. The van der Waals surface area contributed by atoms with Crippen molar-refractivity contribution in [2.24, 2.45) is 0 Å². The average molecular weight is 402 g/mol. The summed E-state index contributed by atoms with van der Waals surface area (Å²) in [6, 6.07) is 4.58. The Balaban J connectivity index is 1.61. The molecular formula is C19H22N4O4S. The minimum atomic E-state index is -0.807. The number of rotatable bonds is 5. The summed E-state index contributed by atoms with van der Waals surface area (Å²) in [5.41, 5.74) is 1.02. The zero-order valence-electron chi connectivity index (χ0n) is 15.6. The Hall–Kier alpha value is -2.81. The van der Waals surface area contributed by atoms with Crippen LogP contribution in [-0.2, 0) is 17.6 Å². The average Bonchev–Trinajstić information content (AvgIpc) is 3.02. The number of hydrogen-bond acceptors (Lipinski definition) is 6. The van der Waals surface area contributed by atoms with Crippen LogP contribution in [-0.4, -0.2) is 27.8 Å². The fraction of sp³-hybridized carbons (Fsp3) is 0.421. The number of nitro groups is 1. The summed E-state index contributed by atoms with van der Waals surface area (Å²) in [7, 11) is 0. The second-order valence-electron chi connectivity index (χ2n) is 6.79. The van der Waals surface area contributed by atoms with Crippen molar-refractivity contribution in [3.8, 4) is 0 Å². The van der Waals surface area contributed by atoms with E-state index >= 15 is 0 Å². The minimum absolute atomic E-state index is 0.131. The van der Waals surface area contributed by atoms with E-state index < -0.39 is 16.9 Å². The van der Waals surface area contributed by atoms with Gasteiger partial charge in [-0.15, -0.1) is 11.3 Å². The first-order valence-electron chi connectivity index (χ1n) is 9.29. The van der Waals surface area contributed by atoms with Crippen molar-refractivity contribution in [1.82, 2.24) is 10.3 Å². The maximum atomic E-state index is 12.4. The van der Waals surface area contributed by atoms with Crippen LogP contribution < -0.4 is 10.6 Å². The number of nitrogens with zero attached hydrogens (tertiary/aromatic N) is 2. The summed E-state index contributed by atoms with van der Waals surface area (Å²) in [6.45, 7) is 1.56. The fourth-order valence-corrected chi connectivity index (χ4v) is 4.13. The number of aryl methyl sites for hydroxylation is 2. The highest BCUT2D eigenvalue weighted by atomic mass is 32.1. The van der Waals surface area contributed by atoms with Crippen molar-refractivity contribution in [1.29, 1.82) is 0 Å². The van der Waals surface area contributed by atoms with Gasteiger partial charge >= 0.3 is 0 Å². The number of aromatic nitrogens is 1. The molecule has 0 aliphatic heterocycles. The molecule has 0 bridgehead atoms. The number of fused-ring (bicyclic) bond motifs is 1. The van der Waals surface area contributed by atoms with E-state index in [0.29, 0.717) is 5.13 Å². The summed E-state index contributed by atoms with van der Waals surface area (Å²) in [6.07, 6.45) is 6.60. The van der Waals surface area contributed by atoms with Crippen molar-refractivity contribution >= 4 is 34.0 Å². The lowest BCUT2D eigenvalue weighted by molar-refractivity contribution is -0.384. The van der Waals surface area contributed by atoms with Crippen molar-refractivity contribution in [3.05, 3.63) is 50.5 Å². The number of anilines is 1. The lowest BCUT2D eigenvalue weighted by Crippen LogP contribution is -2.41. The first-order valence-corrected chi connectivity index (χ1v) is 10.1. The van der Waals surface area contributed by atoms with Crippen LogP contribution in [0.2, 0.25) is 0 Å². The molecule has 1 atom stereocenters. The number of thiazole rings is 1. The first-order chi connectivity index (χ1) is 13.4. The van der Waals surface area contributed by atoms with Crippen LogP contribution in [0.5, 0.6) is 0 Å². The number of carbonyl (C=O) groups is 2. The minimum Gasteiger partial charge on any atom is -0.341 e. The second kappa shape index (κ2) is 8.92. The molecule has 0 radical (unpaired) electrons. The predicted molar refractivity (Wildman–Crippen MR) is 107 cm³/mol. The highest BCUT2D eigenvalue weighted by Crippen LogP contribution is 2.28. The molecule has 1 aliphatic rings. The van der Waals surface area contributed by atoms with Crippen LogP contribution in [0, 0.1) is 10.1 Å². The maximum absolute atomic E-state index is 12.4. The van der Waals surface area contributed by atoms with Gasteiger partial charge in [0, 0.05) is 22.6 Å². The Labute approximate surface area is 166 Å². The van der Waals surface area contributed by atoms with Gasteiger partial charge in [-0.05, 0) is 38.7 Å².